The first-order valence-corrected chi connectivity index (χ1v) is 17.8. The molecule has 0 unspecified atom stereocenters. The Bertz CT molecular complexity index is 3100. The van der Waals surface area contributed by atoms with Gasteiger partial charge in [0.1, 0.15) is 11.2 Å². The molecule has 6 heteroatoms. The molecule has 0 saturated heterocycles. The zero-order valence-corrected chi connectivity index (χ0v) is 27.9. The van der Waals surface area contributed by atoms with Crippen molar-refractivity contribution >= 4 is 75.3 Å². The Morgan fingerprint density at radius 1 is 0.451 bits per heavy atom. The third-order valence-electron chi connectivity index (χ3n) is 9.87. The Hall–Kier alpha value is -6.63. The van der Waals surface area contributed by atoms with Crippen LogP contribution in [0.4, 0.5) is 0 Å². The van der Waals surface area contributed by atoms with Gasteiger partial charge in [0.15, 0.2) is 17.5 Å². The summed E-state index contributed by atoms with van der Waals surface area (Å²) in [5.74, 6) is 1.83. The number of hydrogen-bond acceptors (Lipinski definition) is 5. The molecule has 0 N–H and O–H groups in total. The summed E-state index contributed by atoms with van der Waals surface area (Å²) in [7, 11) is 0. The minimum atomic E-state index is 0.572. The first-order valence-electron chi connectivity index (χ1n) is 16.9. The summed E-state index contributed by atoms with van der Waals surface area (Å²) in [4.78, 5) is 15.4. The van der Waals surface area contributed by atoms with Gasteiger partial charge in [0.05, 0.1) is 16.6 Å². The highest BCUT2D eigenvalue weighted by Gasteiger charge is 2.20. The van der Waals surface area contributed by atoms with Crippen LogP contribution in [0.15, 0.2) is 162 Å². The van der Waals surface area contributed by atoms with E-state index in [-0.39, 0.29) is 0 Å². The number of aromatic nitrogens is 4. The molecule has 11 rings (SSSR count). The van der Waals surface area contributed by atoms with Crippen molar-refractivity contribution in [2.75, 3.05) is 0 Å². The van der Waals surface area contributed by atoms with Gasteiger partial charge in [-0.3, -0.25) is 0 Å². The van der Waals surface area contributed by atoms with Crippen molar-refractivity contribution in [3.05, 3.63) is 158 Å². The summed E-state index contributed by atoms with van der Waals surface area (Å²) in [6.07, 6.45) is 0. The molecule has 0 aliphatic heterocycles. The van der Waals surface area contributed by atoms with Gasteiger partial charge < -0.3 is 8.98 Å². The third kappa shape index (κ3) is 4.30. The molecule has 0 bridgehead atoms. The monoisotopic (exact) mass is 670 g/mol. The number of hydrogen-bond donors (Lipinski definition) is 0. The second-order valence-electron chi connectivity index (χ2n) is 12.8. The van der Waals surface area contributed by atoms with Gasteiger partial charge in [-0.25, -0.2) is 15.0 Å². The molecule has 0 spiro atoms. The molecule has 7 aromatic carbocycles. The molecule has 0 amide bonds. The summed E-state index contributed by atoms with van der Waals surface area (Å²) in [5.41, 5.74) is 7.73. The van der Waals surface area contributed by atoms with Crippen molar-refractivity contribution < 1.29 is 4.42 Å². The zero-order valence-electron chi connectivity index (χ0n) is 27.1. The summed E-state index contributed by atoms with van der Waals surface area (Å²) in [6, 6.07) is 54.9. The van der Waals surface area contributed by atoms with Gasteiger partial charge >= 0.3 is 0 Å². The van der Waals surface area contributed by atoms with E-state index in [0.717, 1.165) is 49.7 Å². The highest BCUT2D eigenvalue weighted by molar-refractivity contribution is 7.25. The summed E-state index contributed by atoms with van der Waals surface area (Å²) in [5, 5.41) is 6.89. The topological polar surface area (TPSA) is 56.7 Å². The first-order chi connectivity index (χ1) is 25.3. The fourth-order valence-corrected chi connectivity index (χ4v) is 8.73. The summed E-state index contributed by atoms with van der Waals surface area (Å²) >= 11 is 1.79. The minimum Gasteiger partial charge on any atom is -0.455 e. The van der Waals surface area contributed by atoms with Gasteiger partial charge in [-0.05, 0) is 48.5 Å². The fraction of sp³-hybridized carbons (Fsp3) is 0. The van der Waals surface area contributed by atoms with Crippen molar-refractivity contribution in [1.29, 1.82) is 0 Å². The van der Waals surface area contributed by atoms with Gasteiger partial charge in [0.25, 0.3) is 0 Å². The number of benzene rings is 7. The van der Waals surface area contributed by atoms with Crippen molar-refractivity contribution in [1.82, 2.24) is 19.5 Å². The van der Waals surface area contributed by atoms with E-state index < -0.39 is 0 Å². The van der Waals surface area contributed by atoms with Crippen LogP contribution >= 0.6 is 11.3 Å². The molecule has 0 radical (unpaired) electrons. The molecule has 0 fully saturated rings. The molecule has 0 aliphatic rings. The van der Waals surface area contributed by atoms with Crippen molar-refractivity contribution in [2.24, 2.45) is 0 Å². The lowest BCUT2D eigenvalue weighted by molar-refractivity contribution is 0.669. The fourth-order valence-electron chi connectivity index (χ4n) is 7.60. The number of nitrogens with zero attached hydrogens (tertiary/aromatic N) is 4. The Morgan fingerprint density at radius 3 is 1.86 bits per heavy atom. The quantitative estimate of drug-likeness (QED) is 0.187. The standard InChI is InChI=1S/C45H26N4OS/c1-2-12-27(13-3-1)43-46-44(33-18-11-23-40-41(33)32-16-6-9-22-39(32)51-40)48-45(47-43)34-19-10-17-31-35-26-28(24-25-38(35)50-42(31)34)49-36-20-7-4-14-29(36)30-15-5-8-21-37(30)49/h1-26H. The predicted octanol–water partition coefficient (Wildman–Crippen LogP) is 12.2. The Kier molecular flexibility index (Phi) is 6.05. The van der Waals surface area contributed by atoms with Gasteiger partial charge in [-0.2, -0.15) is 0 Å². The molecule has 51 heavy (non-hydrogen) atoms. The predicted molar refractivity (Wildman–Crippen MR) is 211 cm³/mol. The normalized spacial score (nSPS) is 11.9. The van der Waals surface area contributed by atoms with Crippen LogP contribution in [0.25, 0.3) is 104 Å². The van der Waals surface area contributed by atoms with Gasteiger partial charge in [0.2, 0.25) is 0 Å². The second-order valence-corrected chi connectivity index (χ2v) is 13.9. The van der Waals surface area contributed by atoms with Gasteiger partial charge in [0, 0.05) is 58.5 Å². The molecule has 4 heterocycles. The van der Waals surface area contributed by atoms with Crippen LogP contribution in [0.5, 0.6) is 0 Å². The molecule has 4 aromatic heterocycles. The third-order valence-corrected chi connectivity index (χ3v) is 11.0. The van der Waals surface area contributed by atoms with Crippen molar-refractivity contribution in [3.63, 3.8) is 0 Å². The van der Waals surface area contributed by atoms with Crippen LogP contribution in [0, 0.1) is 0 Å². The zero-order chi connectivity index (χ0) is 33.5. The molecule has 11 aromatic rings. The van der Waals surface area contributed by atoms with E-state index in [1.54, 1.807) is 11.3 Å². The smallest absolute Gasteiger partial charge is 0.167 e. The summed E-state index contributed by atoms with van der Waals surface area (Å²) < 4.78 is 11.5. The second kappa shape index (κ2) is 10.9. The largest absolute Gasteiger partial charge is 0.455 e. The summed E-state index contributed by atoms with van der Waals surface area (Å²) in [6.45, 7) is 0. The number of furan rings is 1. The molecule has 0 atom stereocenters. The lowest BCUT2D eigenvalue weighted by Gasteiger charge is -2.10. The number of fused-ring (bicyclic) bond motifs is 9. The minimum absolute atomic E-state index is 0.572. The Labute approximate surface area is 295 Å². The van der Waals surface area contributed by atoms with E-state index in [1.807, 2.05) is 36.4 Å². The maximum Gasteiger partial charge on any atom is 0.167 e. The highest BCUT2D eigenvalue weighted by atomic mass is 32.1. The molecule has 0 saturated carbocycles. The maximum absolute atomic E-state index is 6.68. The average molecular weight is 671 g/mol. The maximum atomic E-state index is 6.68. The lowest BCUT2D eigenvalue weighted by atomic mass is 10.0. The first kappa shape index (κ1) is 28.2. The molecule has 5 nitrogen and oxygen atoms in total. The number of rotatable bonds is 4. The van der Waals surface area contributed by atoms with E-state index >= 15 is 0 Å². The van der Waals surface area contributed by atoms with E-state index in [4.69, 9.17) is 19.4 Å². The van der Waals surface area contributed by atoms with Gasteiger partial charge in [-0.1, -0.05) is 109 Å². The molecule has 238 valence electrons. The van der Waals surface area contributed by atoms with E-state index in [2.05, 4.69) is 126 Å². The van der Waals surface area contributed by atoms with Crippen LogP contribution in [0.1, 0.15) is 0 Å². The Balaban J connectivity index is 1.14. The van der Waals surface area contributed by atoms with Crippen molar-refractivity contribution in [3.8, 4) is 39.9 Å². The van der Waals surface area contributed by atoms with Crippen molar-refractivity contribution in [2.45, 2.75) is 0 Å². The Morgan fingerprint density at radius 2 is 1.06 bits per heavy atom. The molecule has 0 aliphatic carbocycles. The number of thiophene rings is 1. The van der Waals surface area contributed by atoms with E-state index in [1.165, 1.54) is 36.6 Å². The van der Waals surface area contributed by atoms with Crippen LogP contribution in [0.3, 0.4) is 0 Å². The average Bonchev–Trinajstić information content (AvgIpc) is 3.87. The van der Waals surface area contributed by atoms with E-state index in [0.29, 0.717) is 17.5 Å². The van der Waals surface area contributed by atoms with Crippen LogP contribution in [-0.2, 0) is 0 Å². The van der Waals surface area contributed by atoms with Gasteiger partial charge in [-0.15, -0.1) is 11.3 Å². The SMILES string of the molecule is c1ccc(-c2nc(-c3cccc4c3oc3ccc(-n5c6ccccc6c6ccccc65)cc34)nc(-c3cccc4sc5ccccc5c34)n2)cc1. The van der Waals surface area contributed by atoms with E-state index in [9.17, 15) is 0 Å². The van der Waals surface area contributed by atoms with Crippen LogP contribution in [-0.4, -0.2) is 19.5 Å². The highest BCUT2D eigenvalue weighted by Crippen LogP contribution is 2.41. The van der Waals surface area contributed by atoms with Crippen LogP contribution < -0.4 is 0 Å². The lowest BCUT2D eigenvalue weighted by Crippen LogP contribution is -2.00. The van der Waals surface area contributed by atoms with Crippen LogP contribution in [0.2, 0.25) is 0 Å². The molecular weight excluding hydrogens is 645 g/mol. The number of para-hydroxylation sites is 3. The molecular formula is C45H26N4OS.